The molecule has 0 saturated heterocycles. The molecular weight excluding hydrogens is 196 g/mol. The minimum absolute atomic E-state index is 0.167. The first-order valence-corrected chi connectivity index (χ1v) is 6.65. The van der Waals surface area contributed by atoms with Crippen molar-refractivity contribution in [1.82, 2.24) is 5.32 Å². The van der Waals surface area contributed by atoms with Crippen LogP contribution in [0, 0.1) is 18.3 Å². The molecule has 16 heavy (non-hydrogen) atoms. The van der Waals surface area contributed by atoms with Crippen molar-refractivity contribution >= 4 is 0 Å². The van der Waals surface area contributed by atoms with Gasteiger partial charge in [0.25, 0.3) is 0 Å². The quantitative estimate of drug-likeness (QED) is 0.425. The summed E-state index contributed by atoms with van der Waals surface area (Å²) in [6.07, 6.45) is 13.8. The van der Waals surface area contributed by atoms with Crippen LogP contribution in [0.15, 0.2) is 0 Å². The minimum atomic E-state index is 0.167. The zero-order valence-electron chi connectivity index (χ0n) is 10.6. The Balaban J connectivity index is 2.48. The van der Waals surface area contributed by atoms with Crippen LogP contribution < -0.4 is 11.1 Å². The molecule has 1 fully saturated rings. The first kappa shape index (κ1) is 13.5. The molecule has 2 nitrogen and oxygen atoms in total. The summed E-state index contributed by atoms with van der Waals surface area (Å²) in [6.45, 7) is 3.95. The van der Waals surface area contributed by atoms with Crippen LogP contribution in [0.3, 0.4) is 0 Å². The van der Waals surface area contributed by atoms with Gasteiger partial charge in [0.15, 0.2) is 0 Å². The summed E-state index contributed by atoms with van der Waals surface area (Å²) in [5.74, 6) is 3.59. The molecule has 92 valence electrons. The Kier molecular flexibility index (Phi) is 5.87. The number of hydrogen-bond donors (Lipinski definition) is 2. The van der Waals surface area contributed by atoms with E-state index >= 15 is 0 Å². The van der Waals surface area contributed by atoms with Crippen LogP contribution in [-0.4, -0.2) is 18.6 Å². The largest absolute Gasteiger partial charge is 0.329 e. The van der Waals surface area contributed by atoms with Crippen LogP contribution >= 0.6 is 0 Å². The number of terminal acetylenes is 1. The molecule has 2 atom stereocenters. The summed E-state index contributed by atoms with van der Waals surface area (Å²) in [7, 11) is 0. The second-order valence-electron chi connectivity index (χ2n) is 5.07. The fourth-order valence-corrected chi connectivity index (χ4v) is 2.74. The van der Waals surface area contributed by atoms with E-state index in [1.807, 2.05) is 0 Å². The van der Waals surface area contributed by atoms with Gasteiger partial charge in [0.1, 0.15) is 0 Å². The van der Waals surface area contributed by atoms with Gasteiger partial charge in [0.2, 0.25) is 0 Å². The van der Waals surface area contributed by atoms with Crippen LogP contribution in [0.4, 0.5) is 0 Å². The fraction of sp³-hybridized carbons (Fsp3) is 0.857. The lowest BCUT2D eigenvalue weighted by Crippen LogP contribution is -2.51. The number of nitrogens with one attached hydrogen (secondary N) is 1. The van der Waals surface area contributed by atoms with Gasteiger partial charge in [-0.15, -0.1) is 12.3 Å². The van der Waals surface area contributed by atoms with Crippen molar-refractivity contribution in [2.45, 2.75) is 57.4 Å². The number of rotatable bonds is 5. The van der Waals surface area contributed by atoms with Gasteiger partial charge in [-0.1, -0.05) is 26.2 Å². The molecule has 0 aromatic carbocycles. The molecule has 1 saturated carbocycles. The maximum Gasteiger partial charge on any atom is 0.0304 e. The Morgan fingerprint density at radius 2 is 2.25 bits per heavy atom. The summed E-state index contributed by atoms with van der Waals surface area (Å²) >= 11 is 0. The maximum absolute atomic E-state index is 5.96. The highest BCUT2D eigenvalue weighted by Gasteiger charge is 2.30. The van der Waals surface area contributed by atoms with Gasteiger partial charge in [-0.2, -0.15) is 0 Å². The molecule has 2 unspecified atom stereocenters. The van der Waals surface area contributed by atoms with Gasteiger partial charge >= 0.3 is 0 Å². The lowest BCUT2D eigenvalue weighted by Gasteiger charge is -2.33. The molecule has 3 N–H and O–H groups in total. The standard InChI is InChI=1S/C14H26N2/c1-3-5-11-16-14(12-15)9-6-7-13(4-2)8-10-14/h1,13,16H,4-12,15H2,2H3. The molecule has 0 aromatic heterocycles. The van der Waals surface area contributed by atoms with Gasteiger partial charge < -0.3 is 11.1 Å². The van der Waals surface area contributed by atoms with E-state index in [2.05, 4.69) is 18.2 Å². The van der Waals surface area contributed by atoms with Crippen molar-refractivity contribution < 1.29 is 0 Å². The molecule has 1 rings (SSSR count). The smallest absolute Gasteiger partial charge is 0.0304 e. The topological polar surface area (TPSA) is 38.0 Å². The molecule has 0 aromatic rings. The summed E-state index contributed by atoms with van der Waals surface area (Å²) in [6, 6.07) is 0. The van der Waals surface area contributed by atoms with Crippen LogP contribution in [0.5, 0.6) is 0 Å². The van der Waals surface area contributed by atoms with Crippen molar-refractivity contribution in [1.29, 1.82) is 0 Å². The van der Waals surface area contributed by atoms with E-state index in [0.29, 0.717) is 0 Å². The lowest BCUT2D eigenvalue weighted by molar-refractivity contribution is 0.291. The molecule has 0 radical (unpaired) electrons. The zero-order valence-corrected chi connectivity index (χ0v) is 10.6. The first-order valence-electron chi connectivity index (χ1n) is 6.65. The van der Waals surface area contributed by atoms with E-state index < -0.39 is 0 Å². The second-order valence-corrected chi connectivity index (χ2v) is 5.07. The van der Waals surface area contributed by atoms with Gasteiger partial charge in [-0.05, 0) is 25.2 Å². The normalized spacial score (nSPS) is 30.7. The highest BCUT2D eigenvalue weighted by atomic mass is 15.0. The summed E-state index contributed by atoms with van der Waals surface area (Å²) in [5.41, 5.74) is 6.13. The molecule has 2 heteroatoms. The van der Waals surface area contributed by atoms with Crippen molar-refractivity contribution in [3.8, 4) is 12.3 Å². The van der Waals surface area contributed by atoms with Crippen molar-refractivity contribution in [3.05, 3.63) is 0 Å². The van der Waals surface area contributed by atoms with E-state index in [9.17, 15) is 0 Å². The highest BCUT2D eigenvalue weighted by molar-refractivity contribution is 4.94. The van der Waals surface area contributed by atoms with Gasteiger partial charge in [0, 0.05) is 25.0 Å². The zero-order chi connectivity index (χ0) is 11.9. The molecule has 1 aliphatic carbocycles. The van der Waals surface area contributed by atoms with Crippen molar-refractivity contribution in [2.75, 3.05) is 13.1 Å². The number of hydrogen-bond acceptors (Lipinski definition) is 2. The van der Waals surface area contributed by atoms with Crippen molar-refractivity contribution in [2.24, 2.45) is 11.7 Å². The Hall–Kier alpha value is -0.520. The average Bonchev–Trinajstić information content (AvgIpc) is 2.52. The van der Waals surface area contributed by atoms with E-state index in [1.54, 1.807) is 0 Å². The highest BCUT2D eigenvalue weighted by Crippen LogP contribution is 2.31. The predicted octanol–water partition coefficient (Wildman–Crippen LogP) is 2.29. The SMILES string of the molecule is C#CCCNC1(CN)CCCC(CC)CC1. The summed E-state index contributed by atoms with van der Waals surface area (Å²) in [5, 5.41) is 3.60. The fourth-order valence-electron chi connectivity index (χ4n) is 2.74. The molecule has 0 bridgehead atoms. The average molecular weight is 222 g/mol. The number of nitrogens with two attached hydrogens (primary N) is 1. The third-order valence-electron chi connectivity index (χ3n) is 4.04. The Morgan fingerprint density at radius 1 is 1.44 bits per heavy atom. The Labute approximate surface area is 100 Å². The molecule has 0 heterocycles. The predicted molar refractivity (Wildman–Crippen MR) is 70.1 cm³/mol. The van der Waals surface area contributed by atoms with Crippen LogP contribution in [0.25, 0.3) is 0 Å². The van der Waals surface area contributed by atoms with Gasteiger partial charge in [0.05, 0.1) is 0 Å². The Bertz CT molecular complexity index is 231. The molecular formula is C14H26N2. The summed E-state index contributed by atoms with van der Waals surface area (Å²) in [4.78, 5) is 0. The van der Waals surface area contributed by atoms with Gasteiger partial charge in [-0.3, -0.25) is 0 Å². The van der Waals surface area contributed by atoms with Crippen LogP contribution in [0.2, 0.25) is 0 Å². The monoisotopic (exact) mass is 222 g/mol. The minimum Gasteiger partial charge on any atom is -0.329 e. The van der Waals surface area contributed by atoms with Gasteiger partial charge in [-0.25, -0.2) is 0 Å². The Morgan fingerprint density at radius 3 is 2.88 bits per heavy atom. The molecule has 0 spiro atoms. The van der Waals surface area contributed by atoms with Crippen LogP contribution in [-0.2, 0) is 0 Å². The third-order valence-corrected chi connectivity index (χ3v) is 4.04. The first-order chi connectivity index (χ1) is 7.76. The van der Waals surface area contributed by atoms with E-state index in [4.69, 9.17) is 12.2 Å². The van der Waals surface area contributed by atoms with E-state index in [1.165, 1.54) is 38.5 Å². The van der Waals surface area contributed by atoms with E-state index in [-0.39, 0.29) is 5.54 Å². The third kappa shape index (κ3) is 3.81. The summed E-state index contributed by atoms with van der Waals surface area (Å²) < 4.78 is 0. The molecule has 0 aliphatic heterocycles. The van der Waals surface area contributed by atoms with E-state index in [0.717, 1.165) is 25.4 Å². The molecule has 1 aliphatic rings. The lowest BCUT2D eigenvalue weighted by atomic mass is 9.89. The molecule has 0 amide bonds. The maximum atomic E-state index is 5.96. The van der Waals surface area contributed by atoms with Crippen LogP contribution in [0.1, 0.15) is 51.9 Å². The second kappa shape index (κ2) is 6.93. The van der Waals surface area contributed by atoms with Crippen molar-refractivity contribution in [3.63, 3.8) is 0 Å².